The summed E-state index contributed by atoms with van der Waals surface area (Å²) in [7, 11) is 1.85. The van der Waals surface area contributed by atoms with Crippen LogP contribution in [-0.2, 0) is 11.3 Å². The van der Waals surface area contributed by atoms with Crippen LogP contribution >= 0.6 is 12.4 Å². The Kier molecular flexibility index (Phi) is 6.25. The molecule has 1 aliphatic rings. The lowest BCUT2D eigenvalue weighted by Gasteiger charge is -2.30. The largest absolute Gasteiger partial charge is 0.339 e. The molecule has 0 spiro atoms. The maximum absolute atomic E-state index is 12.3. The van der Waals surface area contributed by atoms with E-state index in [1.807, 2.05) is 25.2 Å². The van der Waals surface area contributed by atoms with E-state index in [9.17, 15) is 4.79 Å². The van der Waals surface area contributed by atoms with Crippen molar-refractivity contribution in [2.24, 2.45) is 5.92 Å². The topological polar surface area (TPSA) is 45.2 Å². The van der Waals surface area contributed by atoms with Crippen LogP contribution < -0.4 is 5.32 Å². The first-order chi connectivity index (χ1) is 8.66. The number of aromatic nitrogens is 1. The Morgan fingerprint density at radius 3 is 2.95 bits per heavy atom. The Morgan fingerprint density at radius 2 is 2.32 bits per heavy atom. The molecule has 4 nitrogen and oxygen atoms in total. The number of nitrogens with zero attached hydrogens (tertiary/aromatic N) is 2. The second kappa shape index (κ2) is 7.46. The highest BCUT2D eigenvalue weighted by atomic mass is 35.5. The molecule has 1 saturated heterocycles. The molecule has 2 unspecified atom stereocenters. The van der Waals surface area contributed by atoms with E-state index < -0.39 is 0 Å². The second-order valence-corrected chi connectivity index (χ2v) is 5.15. The first kappa shape index (κ1) is 15.9. The van der Waals surface area contributed by atoms with E-state index in [0.717, 1.165) is 25.1 Å². The van der Waals surface area contributed by atoms with Gasteiger partial charge in [0.15, 0.2) is 0 Å². The van der Waals surface area contributed by atoms with Gasteiger partial charge in [0.1, 0.15) is 0 Å². The summed E-state index contributed by atoms with van der Waals surface area (Å²) < 4.78 is 0. The maximum Gasteiger partial charge on any atom is 0.239 e. The first-order valence-electron chi connectivity index (χ1n) is 6.55. The van der Waals surface area contributed by atoms with E-state index >= 15 is 0 Å². The summed E-state index contributed by atoms with van der Waals surface area (Å²) in [6, 6.07) is 5.75. The quantitative estimate of drug-likeness (QED) is 0.921. The molecule has 1 aliphatic heterocycles. The average molecular weight is 284 g/mol. The molecule has 5 heteroatoms. The summed E-state index contributed by atoms with van der Waals surface area (Å²) in [6.07, 6.45) is 3.85. The van der Waals surface area contributed by atoms with Crippen molar-refractivity contribution in [1.82, 2.24) is 15.2 Å². The van der Waals surface area contributed by atoms with Crippen LogP contribution in [0.5, 0.6) is 0 Å². The van der Waals surface area contributed by atoms with Gasteiger partial charge in [0.25, 0.3) is 0 Å². The number of likely N-dealkylation sites (N-methyl/N-ethyl adjacent to an activating group) is 1. The van der Waals surface area contributed by atoms with Gasteiger partial charge in [0, 0.05) is 13.2 Å². The fourth-order valence-electron chi connectivity index (χ4n) is 2.37. The predicted octanol–water partition coefficient (Wildman–Crippen LogP) is 1.85. The molecule has 1 aromatic heterocycles. The van der Waals surface area contributed by atoms with Gasteiger partial charge in [-0.15, -0.1) is 12.4 Å². The number of hydrogen-bond acceptors (Lipinski definition) is 3. The molecule has 1 amide bonds. The fraction of sp³-hybridized carbons (Fsp3) is 0.571. The Bertz CT molecular complexity index is 399. The van der Waals surface area contributed by atoms with Gasteiger partial charge in [-0.25, -0.2) is 0 Å². The number of carbonyl (C=O) groups excluding carboxylic acids is 1. The second-order valence-electron chi connectivity index (χ2n) is 5.15. The summed E-state index contributed by atoms with van der Waals surface area (Å²) in [5.41, 5.74) is 0.928. The van der Waals surface area contributed by atoms with Gasteiger partial charge in [-0.2, -0.15) is 0 Å². The average Bonchev–Trinajstić information content (AvgIpc) is 2.39. The zero-order chi connectivity index (χ0) is 13.0. The van der Waals surface area contributed by atoms with Gasteiger partial charge in [-0.1, -0.05) is 13.0 Å². The molecule has 0 radical (unpaired) electrons. The van der Waals surface area contributed by atoms with Crippen molar-refractivity contribution in [3.8, 4) is 0 Å². The van der Waals surface area contributed by atoms with Gasteiger partial charge in [-0.3, -0.25) is 9.78 Å². The van der Waals surface area contributed by atoms with Crippen LogP contribution in [0.15, 0.2) is 24.4 Å². The first-order valence-corrected chi connectivity index (χ1v) is 6.55. The van der Waals surface area contributed by atoms with Crippen LogP contribution in [0.1, 0.15) is 25.5 Å². The number of nitrogens with one attached hydrogen (secondary N) is 1. The highest BCUT2D eigenvalue weighted by Gasteiger charge is 2.26. The van der Waals surface area contributed by atoms with Crippen LogP contribution in [-0.4, -0.2) is 35.4 Å². The SMILES string of the molecule is CC1CCNC(C(=O)N(C)Cc2ccccn2)C1.Cl. The molecule has 2 heterocycles. The van der Waals surface area contributed by atoms with Gasteiger partial charge < -0.3 is 10.2 Å². The lowest BCUT2D eigenvalue weighted by Crippen LogP contribution is -2.48. The number of piperidine rings is 1. The summed E-state index contributed by atoms with van der Waals surface area (Å²) in [5, 5.41) is 3.30. The number of pyridine rings is 1. The zero-order valence-electron chi connectivity index (χ0n) is 11.5. The number of carbonyl (C=O) groups is 1. The van der Waals surface area contributed by atoms with E-state index in [1.54, 1.807) is 11.1 Å². The molecule has 1 N–H and O–H groups in total. The maximum atomic E-state index is 12.3. The third-order valence-corrected chi connectivity index (χ3v) is 3.47. The molecule has 19 heavy (non-hydrogen) atoms. The van der Waals surface area contributed by atoms with Crippen LogP contribution in [0, 0.1) is 5.92 Å². The van der Waals surface area contributed by atoms with Crippen molar-refractivity contribution in [3.63, 3.8) is 0 Å². The highest BCUT2D eigenvalue weighted by Crippen LogP contribution is 2.16. The summed E-state index contributed by atoms with van der Waals surface area (Å²) in [4.78, 5) is 18.3. The molecule has 0 bridgehead atoms. The minimum absolute atomic E-state index is 0. The minimum atomic E-state index is -0.0255. The molecule has 2 atom stereocenters. The smallest absolute Gasteiger partial charge is 0.239 e. The Balaban J connectivity index is 0.00000180. The lowest BCUT2D eigenvalue weighted by molar-refractivity contribution is -0.133. The minimum Gasteiger partial charge on any atom is -0.339 e. The van der Waals surface area contributed by atoms with Crippen molar-refractivity contribution in [1.29, 1.82) is 0 Å². The third kappa shape index (κ3) is 4.48. The molecule has 2 rings (SSSR count). The molecule has 1 aromatic rings. The fourth-order valence-corrected chi connectivity index (χ4v) is 2.37. The molecular formula is C14H22ClN3O. The van der Waals surface area contributed by atoms with E-state index in [1.165, 1.54) is 0 Å². The van der Waals surface area contributed by atoms with Crippen LogP contribution in [0.25, 0.3) is 0 Å². The van der Waals surface area contributed by atoms with Crippen molar-refractivity contribution >= 4 is 18.3 Å². The number of hydrogen-bond donors (Lipinski definition) is 1. The van der Waals surface area contributed by atoms with Gasteiger partial charge in [-0.05, 0) is 37.4 Å². The van der Waals surface area contributed by atoms with E-state index in [0.29, 0.717) is 12.5 Å². The Hall–Kier alpha value is -1.13. The van der Waals surface area contributed by atoms with Crippen molar-refractivity contribution in [2.45, 2.75) is 32.4 Å². The van der Waals surface area contributed by atoms with Gasteiger partial charge >= 0.3 is 0 Å². The van der Waals surface area contributed by atoms with Crippen molar-refractivity contribution < 1.29 is 4.79 Å². The highest BCUT2D eigenvalue weighted by molar-refractivity contribution is 5.85. The molecule has 1 fully saturated rings. The Morgan fingerprint density at radius 1 is 1.53 bits per heavy atom. The third-order valence-electron chi connectivity index (χ3n) is 3.47. The van der Waals surface area contributed by atoms with Crippen molar-refractivity contribution in [3.05, 3.63) is 30.1 Å². The monoisotopic (exact) mass is 283 g/mol. The summed E-state index contributed by atoms with van der Waals surface area (Å²) >= 11 is 0. The number of rotatable bonds is 3. The molecule has 0 aliphatic carbocycles. The van der Waals surface area contributed by atoms with Crippen molar-refractivity contribution in [2.75, 3.05) is 13.6 Å². The van der Waals surface area contributed by atoms with Crippen LogP contribution in [0.4, 0.5) is 0 Å². The Labute approximate surface area is 121 Å². The van der Waals surface area contributed by atoms with E-state index in [-0.39, 0.29) is 24.4 Å². The van der Waals surface area contributed by atoms with Crippen LogP contribution in [0.2, 0.25) is 0 Å². The summed E-state index contributed by atoms with van der Waals surface area (Å²) in [6.45, 7) is 3.72. The van der Waals surface area contributed by atoms with E-state index in [2.05, 4.69) is 17.2 Å². The van der Waals surface area contributed by atoms with E-state index in [4.69, 9.17) is 0 Å². The lowest BCUT2D eigenvalue weighted by atomic mass is 9.93. The predicted molar refractivity (Wildman–Crippen MR) is 78.1 cm³/mol. The number of amides is 1. The molecular weight excluding hydrogens is 262 g/mol. The normalized spacial score (nSPS) is 22.4. The standard InChI is InChI=1S/C14H21N3O.ClH/c1-11-6-8-16-13(9-11)14(18)17(2)10-12-5-3-4-7-15-12;/h3-5,7,11,13,16H,6,8-10H2,1-2H3;1H. The van der Waals surface area contributed by atoms with Gasteiger partial charge in [0.2, 0.25) is 5.91 Å². The van der Waals surface area contributed by atoms with Crippen LogP contribution in [0.3, 0.4) is 0 Å². The summed E-state index contributed by atoms with van der Waals surface area (Å²) in [5.74, 6) is 0.802. The molecule has 0 saturated carbocycles. The molecule has 106 valence electrons. The van der Waals surface area contributed by atoms with Gasteiger partial charge in [0.05, 0.1) is 18.3 Å². The molecule has 0 aromatic carbocycles. The zero-order valence-corrected chi connectivity index (χ0v) is 12.3. The number of halogens is 1.